The molecule has 2 N–H and O–H groups in total. The van der Waals surface area contributed by atoms with Gasteiger partial charge in [0.25, 0.3) is 5.91 Å². The van der Waals surface area contributed by atoms with Gasteiger partial charge in [-0.3, -0.25) is 9.69 Å². The third kappa shape index (κ3) is 6.69. The molecule has 2 saturated heterocycles. The van der Waals surface area contributed by atoms with Crippen LogP contribution in [0, 0.1) is 0 Å². The van der Waals surface area contributed by atoms with E-state index in [2.05, 4.69) is 15.5 Å². The fourth-order valence-electron chi connectivity index (χ4n) is 3.34. The van der Waals surface area contributed by atoms with Crippen molar-refractivity contribution in [2.75, 3.05) is 47.0 Å². The van der Waals surface area contributed by atoms with E-state index in [4.69, 9.17) is 14.2 Å². The topological polar surface area (TPSA) is 72.1 Å². The summed E-state index contributed by atoms with van der Waals surface area (Å²) in [5.41, 5.74) is 1.14. The highest BCUT2D eigenvalue weighted by Gasteiger charge is 2.28. The monoisotopic (exact) mass is 421 g/mol. The molecule has 3 rings (SSSR count). The van der Waals surface area contributed by atoms with E-state index in [1.807, 2.05) is 18.2 Å². The van der Waals surface area contributed by atoms with Crippen molar-refractivity contribution < 1.29 is 19.0 Å². The molecule has 2 heterocycles. The van der Waals surface area contributed by atoms with E-state index in [0.717, 1.165) is 49.7 Å². The van der Waals surface area contributed by atoms with Gasteiger partial charge in [0.05, 0.1) is 20.8 Å². The lowest BCUT2D eigenvalue weighted by atomic mass is 10.2. The van der Waals surface area contributed by atoms with Crippen LogP contribution in [0.25, 0.3) is 0 Å². The fraction of sp³-hybridized carbons (Fsp3) is 0.611. The van der Waals surface area contributed by atoms with E-state index >= 15 is 0 Å². The number of likely N-dealkylation sites (tertiary alicyclic amines) is 1. The van der Waals surface area contributed by atoms with Gasteiger partial charge < -0.3 is 24.8 Å². The highest BCUT2D eigenvalue weighted by Crippen LogP contribution is 2.24. The number of amides is 1. The number of nitrogens with one attached hydrogen (secondary N) is 2. The van der Waals surface area contributed by atoms with E-state index in [-0.39, 0.29) is 42.9 Å². The smallest absolute Gasteiger partial charge is 0.250 e. The van der Waals surface area contributed by atoms with Crippen LogP contribution in [-0.2, 0) is 16.1 Å². The minimum Gasteiger partial charge on any atom is -0.497 e. The number of methoxy groups -OCH3 is 2. The van der Waals surface area contributed by atoms with E-state index < -0.39 is 0 Å². The molecule has 2 atom stereocenters. The Morgan fingerprint density at radius 3 is 2.56 bits per heavy atom. The molecule has 2 aliphatic rings. The number of benzene rings is 1. The average molecular weight is 422 g/mol. The van der Waals surface area contributed by atoms with E-state index in [1.165, 1.54) is 0 Å². The zero-order chi connectivity index (χ0) is 17.6. The SMILES string of the molecule is COc1cc(CN2CCC(NC(=O)C3CNCCO3)C2)cc(OC)c1.Cl.Cl. The number of morpholine rings is 1. The molecule has 9 heteroatoms. The second-order valence-corrected chi connectivity index (χ2v) is 6.51. The van der Waals surface area contributed by atoms with Gasteiger partial charge in [0.1, 0.15) is 17.6 Å². The molecule has 154 valence electrons. The maximum absolute atomic E-state index is 12.3. The Bertz CT molecular complexity index is 578. The summed E-state index contributed by atoms with van der Waals surface area (Å²) in [6.07, 6.45) is 0.581. The van der Waals surface area contributed by atoms with E-state index in [0.29, 0.717) is 13.2 Å². The van der Waals surface area contributed by atoms with Gasteiger partial charge in [0.15, 0.2) is 0 Å². The van der Waals surface area contributed by atoms with Crippen LogP contribution in [0.5, 0.6) is 11.5 Å². The third-order valence-electron chi connectivity index (χ3n) is 4.66. The molecular weight excluding hydrogens is 393 g/mol. The highest BCUT2D eigenvalue weighted by molar-refractivity contribution is 5.85. The highest BCUT2D eigenvalue weighted by atomic mass is 35.5. The van der Waals surface area contributed by atoms with Crippen molar-refractivity contribution in [3.05, 3.63) is 23.8 Å². The molecule has 0 bridgehead atoms. The molecule has 0 saturated carbocycles. The largest absolute Gasteiger partial charge is 0.497 e. The summed E-state index contributed by atoms with van der Waals surface area (Å²) in [4.78, 5) is 14.6. The Morgan fingerprint density at radius 1 is 1.26 bits per heavy atom. The van der Waals surface area contributed by atoms with Gasteiger partial charge in [-0.05, 0) is 24.1 Å². The molecule has 0 aromatic heterocycles. The lowest BCUT2D eigenvalue weighted by molar-refractivity contribution is -0.134. The Hall–Kier alpha value is -1.25. The first kappa shape index (κ1) is 23.8. The lowest BCUT2D eigenvalue weighted by Gasteiger charge is -2.24. The second-order valence-electron chi connectivity index (χ2n) is 6.51. The van der Waals surface area contributed by atoms with Crippen LogP contribution >= 0.6 is 24.8 Å². The third-order valence-corrected chi connectivity index (χ3v) is 4.66. The Kier molecular flexibility index (Phi) is 10.2. The van der Waals surface area contributed by atoms with Crippen molar-refractivity contribution in [2.45, 2.75) is 25.1 Å². The summed E-state index contributed by atoms with van der Waals surface area (Å²) in [7, 11) is 3.31. The van der Waals surface area contributed by atoms with Gasteiger partial charge in [0, 0.05) is 44.8 Å². The number of nitrogens with zero attached hydrogens (tertiary/aromatic N) is 1. The van der Waals surface area contributed by atoms with Crippen LogP contribution in [0.1, 0.15) is 12.0 Å². The van der Waals surface area contributed by atoms with Crippen molar-refractivity contribution in [3.8, 4) is 11.5 Å². The normalized spacial score (nSPS) is 22.3. The number of hydrogen-bond donors (Lipinski definition) is 2. The zero-order valence-corrected chi connectivity index (χ0v) is 17.4. The van der Waals surface area contributed by atoms with E-state index in [9.17, 15) is 4.79 Å². The van der Waals surface area contributed by atoms with Crippen molar-refractivity contribution >= 4 is 30.7 Å². The molecule has 1 aromatic carbocycles. The van der Waals surface area contributed by atoms with Crippen LogP contribution in [0.15, 0.2) is 18.2 Å². The molecule has 0 spiro atoms. The molecule has 1 aromatic rings. The predicted octanol–water partition coefficient (Wildman–Crippen LogP) is 1.23. The maximum Gasteiger partial charge on any atom is 0.250 e. The Labute approximate surface area is 172 Å². The first-order chi connectivity index (χ1) is 12.2. The molecular formula is C18H29Cl2N3O4. The summed E-state index contributed by atoms with van der Waals surface area (Å²) in [5.74, 6) is 1.57. The van der Waals surface area contributed by atoms with Gasteiger partial charge >= 0.3 is 0 Å². The molecule has 0 aliphatic carbocycles. The molecule has 27 heavy (non-hydrogen) atoms. The van der Waals surface area contributed by atoms with Crippen LogP contribution in [-0.4, -0.2) is 70.0 Å². The molecule has 2 unspecified atom stereocenters. The number of hydrogen-bond acceptors (Lipinski definition) is 6. The second kappa shape index (κ2) is 11.6. The first-order valence-corrected chi connectivity index (χ1v) is 8.75. The van der Waals surface area contributed by atoms with Crippen LogP contribution in [0.2, 0.25) is 0 Å². The first-order valence-electron chi connectivity index (χ1n) is 8.75. The Balaban J connectivity index is 0.00000182. The van der Waals surface area contributed by atoms with Gasteiger partial charge in [-0.2, -0.15) is 0 Å². The quantitative estimate of drug-likeness (QED) is 0.719. The standard InChI is InChI=1S/C18H27N3O4.2ClH/c1-23-15-7-13(8-16(9-15)24-2)11-21-5-3-14(12-21)20-18(22)17-10-19-4-6-25-17;;/h7-9,14,17,19H,3-6,10-12H2,1-2H3,(H,20,22);2*1H. The molecule has 1 amide bonds. The number of carbonyl (C=O) groups excluding carboxylic acids is 1. The van der Waals surface area contributed by atoms with Crippen LogP contribution < -0.4 is 20.1 Å². The summed E-state index contributed by atoms with van der Waals surface area (Å²) >= 11 is 0. The predicted molar refractivity (Wildman–Crippen MR) is 108 cm³/mol. The Morgan fingerprint density at radius 2 is 1.96 bits per heavy atom. The van der Waals surface area contributed by atoms with Crippen LogP contribution in [0.4, 0.5) is 0 Å². The summed E-state index contributed by atoms with van der Waals surface area (Å²) in [5, 5.41) is 6.30. The molecule has 2 aliphatic heterocycles. The molecule has 2 fully saturated rings. The van der Waals surface area contributed by atoms with E-state index in [1.54, 1.807) is 14.2 Å². The summed E-state index contributed by atoms with van der Waals surface area (Å²) in [6, 6.07) is 6.09. The number of halogens is 2. The minimum atomic E-state index is -0.370. The molecule has 7 nitrogen and oxygen atoms in total. The maximum atomic E-state index is 12.3. The van der Waals surface area contributed by atoms with Crippen LogP contribution in [0.3, 0.4) is 0 Å². The van der Waals surface area contributed by atoms with Gasteiger partial charge in [-0.25, -0.2) is 0 Å². The minimum absolute atomic E-state index is 0. The van der Waals surface area contributed by atoms with Crippen molar-refractivity contribution in [3.63, 3.8) is 0 Å². The fourth-order valence-corrected chi connectivity index (χ4v) is 3.34. The van der Waals surface area contributed by atoms with Crippen molar-refractivity contribution in [1.82, 2.24) is 15.5 Å². The number of rotatable bonds is 6. The zero-order valence-electron chi connectivity index (χ0n) is 15.7. The lowest BCUT2D eigenvalue weighted by Crippen LogP contribution is -2.50. The van der Waals surface area contributed by atoms with Gasteiger partial charge in [0.2, 0.25) is 0 Å². The van der Waals surface area contributed by atoms with Crippen molar-refractivity contribution in [1.29, 1.82) is 0 Å². The van der Waals surface area contributed by atoms with Crippen molar-refractivity contribution in [2.24, 2.45) is 0 Å². The van der Waals surface area contributed by atoms with Gasteiger partial charge in [-0.1, -0.05) is 0 Å². The summed E-state index contributed by atoms with van der Waals surface area (Å²) < 4.78 is 16.2. The molecule has 0 radical (unpaired) electrons. The number of ether oxygens (including phenoxy) is 3. The summed E-state index contributed by atoms with van der Waals surface area (Å²) in [6.45, 7) is 4.59. The average Bonchev–Trinajstić information content (AvgIpc) is 3.08. The number of carbonyl (C=O) groups is 1. The van der Waals surface area contributed by atoms with Gasteiger partial charge in [-0.15, -0.1) is 24.8 Å².